The van der Waals surface area contributed by atoms with Gasteiger partial charge in [0.15, 0.2) is 22.8 Å². The molecule has 4 N–H and O–H groups in total. The number of fused-ring (bicyclic) bond motifs is 2. The van der Waals surface area contributed by atoms with Gasteiger partial charge in [-0.3, -0.25) is 4.79 Å². The van der Waals surface area contributed by atoms with Gasteiger partial charge in [-0.25, -0.2) is 29.9 Å². The molecule has 0 fully saturated rings. The van der Waals surface area contributed by atoms with Gasteiger partial charge in [-0.1, -0.05) is 30.3 Å². The number of hydrogen-bond donors (Lipinski definition) is 3. The van der Waals surface area contributed by atoms with Crippen LogP contribution in [0.25, 0.3) is 33.7 Å². The van der Waals surface area contributed by atoms with E-state index >= 15 is 0 Å². The quantitative estimate of drug-likeness (QED) is 0.386. The van der Waals surface area contributed by atoms with Crippen LogP contribution in [0.3, 0.4) is 0 Å². The van der Waals surface area contributed by atoms with E-state index in [9.17, 15) is 4.79 Å². The predicted octanol–water partition coefficient (Wildman–Crippen LogP) is 1.33. The third-order valence-electron chi connectivity index (χ3n) is 4.40. The third kappa shape index (κ3) is 4.36. The first-order chi connectivity index (χ1) is 15.2. The predicted molar refractivity (Wildman–Crippen MR) is 113 cm³/mol. The Bertz CT molecular complexity index is 1310. The summed E-state index contributed by atoms with van der Waals surface area (Å²) >= 11 is 0. The molecule has 4 aromatic heterocycles. The highest BCUT2D eigenvalue weighted by atomic mass is 16.3. The number of amides is 1. The molecule has 5 aromatic rings. The van der Waals surface area contributed by atoms with Gasteiger partial charge in [0.25, 0.3) is 5.91 Å². The van der Waals surface area contributed by atoms with Crippen molar-refractivity contribution in [2.24, 2.45) is 5.73 Å². The fraction of sp³-hybridized carbons (Fsp3) is 0.150. The first kappa shape index (κ1) is 20.0. The number of carbonyl (C=O) groups excluding carboxylic acids is 1. The summed E-state index contributed by atoms with van der Waals surface area (Å²) in [7, 11) is 0. The number of aromatic nitrogens is 8. The highest BCUT2D eigenvalue weighted by Gasteiger charge is 2.10. The summed E-state index contributed by atoms with van der Waals surface area (Å²) in [6, 6.07) is 9.86. The number of aliphatic hydroxyl groups is 1. The number of aliphatic hydroxyl groups excluding tert-OH is 1. The Kier molecular flexibility index (Phi) is 5.85. The molecule has 0 aliphatic rings. The van der Waals surface area contributed by atoms with Crippen LogP contribution in [0.5, 0.6) is 0 Å². The Morgan fingerprint density at radius 1 is 1.10 bits per heavy atom. The average molecular weight is 417 g/mol. The van der Waals surface area contributed by atoms with E-state index in [1.807, 2.05) is 34.9 Å². The SMILES string of the molecule is NC(=O)c1ncnc2nc[nH]c12.OCCCn1cnc2cnc(-c3ccccc3)nc21. The number of aromatic amines is 1. The number of primary amides is 1. The average Bonchev–Trinajstić information content (AvgIpc) is 3.45. The minimum atomic E-state index is -0.591. The number of carbonyl (C=O) groups is 1. The van der Waals surface area contributed by atoms with Crippen LogP contribution >= 0.6 is 0 Å². The molecular formula is C20H19N9O2. The largest absolute Gasteiger partial charge is 0.396 e. The maximum absolute atomic E-state index is 10.8. The maximum atomic E-state index is 10.8. The van der Waals surface area contributed by atoms with Crippen LogP contribution in [-0.4, -0.2) is 57.1 Å². The molecule has 0 aliphatic heterocycles. The summed E-state index contributed by atoms with van der Waals surface area (Å²) in [6.07, 6.45) is 6.86. The second-order valence-electron chi connectivity index (χ2n) is 6.47. The molecule has 5 rings (SSSR count). The first-order valence-electron chi connectivity index (χ1n) is 9.45. The molecular weight excluding hydrogens is 398 g/mol. The van der Waals surface area contributed by atoms with Gasteiger partial charge in [-0.05, 0) is 6.42 Å². The standard InChI is InChI=1S/C14H14N4O.C6H5N5O/c19-8-4-7-18-10-16-12-9-15-13(17-14(12)18)11-5-2-1-3-6-11;7-5(12)3-4-6(10-1-8-3)11-2-9-4/h1-3,5-6,9-10,19H,4,7-8H2;1-2H,(H2,7,12)(H,8,9,10,11). The number of nitrogens with two attached hydrogens (primary N) is 1. The van der Waals surface area contributed by atoms with E-state index in [1.165, 1.54) is 12.7 Å². The second kappa shape index (κ2) is 9.05. The van der Waals surface area contributed by atoms with Crippen molar-refractivity contribution in [2.75, 3.05) is 6.61 Å². The van der Waals surface area contributed by atoms with E-state index in [0.717, 1.165) is 16.7 Å². The topological polar surface area (TPSA) is 161 Å². The van der Waals surface area contributed by atoms with Crippen molar-refractivity contribution < 1.29 is 9.90 Å². The Balaban J connectivity index is 0.000000166. The number of nitrogens with one attached hydrogen (secondary N) is 1. The van der Waals surface area contributed by atoms with Crippen molar-refractivity contribution in [1.82, 2.24) is 39.5 Å². The van der Waals surface area contributed by atoms with E-state index in [2.05, 4.69) is 34.9 Å². The normalized spacial score (nSPS) is 10.7. The Hall–Kier alpha value is -4.25. The van der Waals surface area contributed by atoms with Gasteiger partial charge in [-0.2, -0.15) is 0 Å². The number of aryl methyl sites for hydroxylation is 1. The summed E-state index contributed by atoms with van der Waals surface area (Å²) < 4.78 is 1.94. The molecule has 0 spiro atoms. The molecule has 0 aliphatic carbocycles. The van der Waals surface area contributed by atoms with Crippen LogP contribution in [0.4, 0.5) is 0 Å². The molecule has 0 bridgehead atoms. The smallest absolute Gasteiger partial charge is 0.269 e. The lowest BCUT2D eigenvalue weighted by molar-refractivity contribution is 0.0997. The maximum Gasteiger partial charge on any atom is 0.269 e. The van der Waals surface area contributed by atoms with Crippen molar-refractivity contribution in [1.29, 1.82) is 0 Å². The Morgan fingerprint density at radius 2 is 1.94 bits per heavy atom. The lowest BCUT2D eigenvalue weighted by Crippen LogP contribution is -2.13. The molecule has 31 heavy (non-hydrogen) atoms. The van der Waals surface area contributed by atoms with Crippen molar-refractivity contribution in [2.45, 2.75) is 13.0 Å². The van der Waals surface area contributed by atoms with E-state index in [0.29, 0.717) is 30.0 Å². The zero-order valence-corrected chi connectivity index (χ0v) is 16.4. The number of benzene rings is 1. The Labute approximate surface area is 176 Å². The molecule has 11 nitrogen and oxygen atoms in total. The van der Waals surface area contributed by atoms with Gasteiger partial charge in [0.05, 0.1) is 18.9 Å². The highest BCUT2D eigenvalue weighted by Crippen LogP contribution is 2.17. The van der Waals surface area contributed by atoms with Crippen LogP contribution in [0.15, 0.2) is 55.5 Å². The van der Waals surface area contributed by atoms with Crippen molar-refractivity contribution in [3.8, 4) is 11.4 Å². The van der Waals surface area contributed by atoms with Gasteiger partial charge >= 0.3 is 0 Å². The summed E-state index contributed by atoms with van der Waals surface area (Å²) in [6.45, 7) is 0.870. The fourth-order valence-corrected chi connectivity index (χ4v) is 2.94. The van der Waals surface area contributed by atoms with Gasteiger partial charge in [-0.15, -0.1) is 0 Å². The minimum Gasteiger partial charge on any atom is -0.396 e. The number of hydrogen-bond acceptors (Lipinski definition) is 8. The van der Waals surface area contributed by atoms with Gasteiger partial charge < -0.3 is 20.4 Å². The van der Waals surface area contributed by atoms with Crippen LogP contribution in [-0.2, 0) is 6.54 Å². The Morgan fingerprint density at radius 3 is 2.71 bits per heavy atom. The lowest BCUT2D eigenvalue weighted by atomic mass is 10.2. The van der Waals surface area contributed by atoms with E-state index in [-0.39, 0.29) is 12.3 Å². The highest BCUT2D eigenvalue weighted by molar-refractivity contribution is 6.00. The van der Waals surface area contributed by atoms with Crippen LogP contribution in [0.2, 0.25) is 0 Å². The van der Waals surface area contributed by atoms with Crippen LogP contribution in [0.1, 0.15) is 16.9 Å². The molecule has 1 amide bonds. The molecule has 0 saturated heterocycles. The van der Waals surface area contributed by atoms with Crippen molar-refractivity contribution >= 4 is 28.2 Å². The molecule has 1 aromatic carbocycles. The number of H-pyrrole nitrogens is 1. The fourth-order valence-electron chi connectivity index (χ4n) is 2.94. The van der Waals surface area contributed by atoms with Gasteiger partial charge in [0, 0.05) is 18.7 Å². The molecule has 4 heterocycles. The molecule has 0 radical (unpaired) electrons. The first-order valence-corrected chi connectivity index (χ1v) is 9.45. The second-order valence-corrected chi connectivity index (χ2v) is 6.47. The molecule has 0 atom stereocenters. The summed E-state index contributed by atoms with van der Waals surface area (Å²) in [4.78, 5) is 38.1. The summed E-state index contributed by atoms with van der Waals surface area (Å²) in [5.41, 5.74) is 8.72. The zero-order valence-electron chi connectivity index (χ0n) is 16.4. The number of rotatable bonds is 5. The zero-order chi connectivity index (χ0) is 21.6. The van der Waals surface area contributed by atoms with Crippen LogP contribution in [0, 0.1) is 0 Å². The van der Waals surface area contributed by atoms with Crippen molar-refractivity contribution in [3.05, 3.63) is 61.2 Å². The monoisotopic (exact) mass is 417 g/mol. The molecule has 156 valence electrons. The third-order valence-corrected chi connectivity index (χ3v) is 4.40. The lowest BCUT2D eigenvalue weighted by Gasteiger charge is -2.03. The molecule has 0 saturated carbocycles. The van der Waals surface area contributed by atoms with E-state index in [1.54, 1.807) is 12.5 Å². The van der Waals surface area contributed by atoms with Gasteiger partial charge in [0.1, 0.15) is 17.4 Å². The van der Waals surface area contributed by atoms with Crippen molar-refractivity contribution in [3.63, 3.8) is 0 Å². The van der Waals surface area contributed by atoms with Crippen LogP contribution < -0.4 is 5.73 Å². The molecule has 11 heteroatoms. The minimum absolute atomic E-state index is 0.163. The number of nitrogens with zero attached hydrogens (tertiary/aromatic N) is 7. The van der Waals surface area contributed by atoms with E-state index in [4.69, 9.17) is 10.8 Å². The summed E-state index contributed by atoms with van der Waals surface area (Å²) in [5, 5.41) is 8.90. The van der Waals surface area contributed by atoms with Gasteiger partial charge in [0.2, 0.25) is 0 Å². The molecule has 0 unspecified atom stereocenters. The number of imidazole rings is 2. The van der Waals surface area contributed by atoms with E-state index < -0.39 is 5.91 Å². The summed E-state index contributed by atoms with van der Waals surface area (Å²) in [5.74, 6) is 0.102.